The molecule has 0 fully saturated rings. The maximum absolute atomic E-state index is 8.63. The van der Waals surface area contributed by atoms with Crippen molar-refractivity contribution in [2.75, 3.05) is 13.7 Å². The highest BCUT2D eigenvalue weighted by atomic mass is 16.5. The van der Waals surface area contributed by atoms with Crippen LogP contribution >= 0.6 is 0 Å². The molecule has 0 radical (unpaired) electrons. The zero-order valence-electron chi connectivity index (χ0n) is 8.70. The van der Waals surface area contributed by atoms with E-state index >= 15 is 0 Å². The number of ether oxygens (including phenoxy) is 1. The third-order valence-corrected chi connectivity index (χ3v) is 2.26. The number of aryl methyl sites for hydroxylation is 1. The molecule has 0 saturated heterocycles. The van der Waals surface area contributed by atoms with E-state index in [2.05, 4.69) is 12.1 Å². The highest BCUT2D eigenvalue weighted by Gasteiger charge is 1.95. The molecule has 1 N–H and O–H groups in total. The molecule has 2 heteroatoms. The number of unbranched alkanes of at least 4 members (excludes halogenated alkanes) is 2. The van der Waals surface area contributed by atoms with E-state index in [-0.39, 0.29) is 0 Å². The van der Waals surface area contributed by atoms with Crippen molar-refractivity contribution in [3.8, 4) is 5.75 Å². The first-order chi connectivity index (χ1) is 6.86. The Kier molecular flexibility index (Phi) is 5.08. The molecule has 0 aliphatic heterocycles. The van der Waals surface area contributed by atoms with Gasteiger partial charge in [-0.05, 0) is 37.0 Å². The minimum Gasteiger partial charge on any atom is -0.497 e. The van der Waals surface area contributed by atoms with E-state index in [0.29, 0.717) is 6.61 Å². The molecule has 0 heterocycles. The average molecular weight is 194 g/mol. The summed E-state index contributed by atoms with van der Waals surface area (Å²) in [5.41, 5.74) is 1.31. The van der Waals surface area contributed by atoms with Crippen molar-refractivity contribution in [1.29, 1.82) is 0 Å². The molecule has 1 aromatic rings. The van der Waals surface area contributed by atoms with Gasteiger partial charge in [-0.2, -0.15) is 0 Å². The average Bonchev–Trinajstić information content (AvgIpc) is 2.25. The van der Waals surface area contributed by atoms with Crippen molar-refractivity contribution in [2.45, 2.75) is 25.7 Å². The lowest BCUT2D eigenvalue weighted by molar-refractivity contribution is 0.283. The van der Waals surface area contributed by atoms with Crippen molar-refractivity contribution in [3.05, 3.63) is 29.8 Å². The van der Waals surface area contributed by atoms with Crippen LogP contribution < -0.4 is 4.74 Å². The Bertz CT molecular complexity index is 258. The second-order valence-corrected chi connectivity index (χ2v) is 3.39. The van der Waals surface area contributed by atoms with Crippen molar-refractivity contribution in [2.24, 2.45) is 0 Å². The molecule has 0 aromatic heterocycles. The largest absolute Gasteiger partial charge is 0.497 e. The van der Waals surface area contributed by atoms with Crippen molar-refractivity contribution < 1.29 is 9.84 Å². The van der Waals surface area contributed by atoms with E-state index < -0.39 is 0 Å². The third kappa shape index (κ3) is 3.79. The summed E-state index contributed by atoms with van der Waals surface area (Å²) >= 11 is 0. The second-order valence-electron chi connectivity index (χ2n) is 3.39. The maximum atomic E-state index is 8.63. The SMILES string of the molecule is COc1cccc(CCCCCO)c1. The van der Waals surface area contributed by atoms with E-state index in [0.717, 1.165) is 31.4 Å². The smallest absolute Gasteiger partial charge is 0.119 e. The molecule has 0 amide bonds. The van der Waals surface area contributed by atoms with Gasteiger partial charge in [0.25, 0.3) is 0 Å². The second kappa shape index (κ2) is 6.44. The van der Waals surface area contributed by atoms with Gasteiger partial charge in [0.1, 0.15) is 5.75 Å². The zero-order valence-corrected chi connectivity index (χ0v) is 8.70. The summed E-state index contributed by atoms with van der Waals surface area (Å²) in [5, 5.41) is 8.63. The fourth-order valence-corrected chi connectivity index (χ4v) is 1.45. The van der Waals surface area contributed by atoms with Gasteiger partial charge in [-0.3, -0.25) is 0 Å². The number of hydrogen-bond donors (Lipinski definition) is 1. The number of benzene rings is 1. The summed E-state index contributed by atoms with van der Waals surface area (Å²) < 4.78 is 5.14. The van der Waals surface area contributed by atoms with Gasteiger partial charge in [-0.1, -0.05) is 18.6 Å². The van der Waals surface area contributed by atoms with Gasteiger partial charge < -0.3 is 9.84 Å². The Labute approximate surface area is 85.5 Å². The molecule has 14 heavy (non-hydrogen) atoms. The first-order valence-corrected chi connectivity index (χ1v) is 5.10. The number of aliphatic hydroxyl groups is 1. The summed E-state index contributed by atoms with van der Waals surface area (Å²) in [4.78, 5) is 0. The summed E-state index contributed by atoms with van der Waals surface area (Å²) in [7, 11) is 1.69. The van der Waals surface area contributed by atoms with Gasteiger partial charge in [0.2, 0.25) is 0 Å². The monoisotopic (exact) mass is 194 g/mol. The van der Waals surface area contributed by atoms with Crippen molar-refractivity contribution >= 4 is 0 Å². The minimum atomic E-state index is 0.304. The van der Waals surface area contributed by atoms with E-state index in [4.69, 9.17) is 9.84 Å². The molecule has 2 nitrogen and oxygen atoms in total. The Morgan fingerprint density at radius 1 is 1.21 bits per heavy atom. The molecule has 0 bridgehead atoms. The van der Waals surface area contributed by atoms with Crippen LogP contribution in [0.4, 0.5) is 0 Å². The predicted octanol–water partition coefficient (Wildman–Crippen LogP) is 2.40. The number of methoxy groups -OCH3 is 1. The fraction of sp³-hybridized carbons (Fsp3) is 0.500. The van der Waals surface area contributed by atoms with E-state index in [1.54, 1.807) is 7.11 Å². The first-order valence-electron chi connectivity index (χ1n) is 5.10. The molecule has 1 aromatic carbocycles. The van der Waals surface area contributed by atoms with Crippen LogP contribution in [-0.4, -0.2) is 18.8 Å². The lowest BCUT2D eigenvalue weighted by Crippen LogP contribution is -1.89. The highest BCUT2D eigenvalue weighted by Crippen LogP contribution is 2.14. The van der Waals surface area contributed by atoms with Crippen LogP contribution in [0.25, 0.3) is 0 Å². The predicted molar refractivity (Wildman–Crippen MR) is 57.6 cm³/mol. The molecule has 0 saturated carbocycles. The Morgan fingerprint density at radius 2 is 2.07 bits per heavy atom. The number of hydrogen-bond acceptors (Lipinski definition) is 2. The van der Waals surface area contributed by atoms with Crippen LogP contribution in [0.1, 0.15) is 24.8 Å². The van der Waals surface area contributed by atoms with Gasteiger partial charge in [0, 0.05) is 6.61 Å². The first kappa shape index (κ1) is 11.1. The summed E-state index contributed by atoms with van der Waals surface area (Å²) in [6, 6.07) is 8.15. The van der Waals surface area contributed by atoms with E-state index in [1.165, 1.54) is 5.56 Å². The molecule has 1 rings (SSSR count). The van der Waals surface area contributed by atoms with Gasteiger partial charge in [-0.25, -0.2) is 0 Å². The van der Waals surface area contributed by atoms with Gasteiger partial charge in [0.15, 0.2) is 0 Å². The molecule has 0 unspecified atom stereocenters. The molecule has 0 spiro atoms. The summed E-state index contributed by atoms with van der Waals surface area (Å²) in [6.45, 7) is 0.304. The lowest BCUT2D eigenvalue weighted by Gasteiger charge is -2.03. The van der Waals surface area contributed by atoms with Gasteiger partial charge in [0.05, 0.1) is 7.11 Å². The molecule has 78 valence electrons. The minimum absolute atomic E-state index is 0.304. The Balaban J connectivity index is 2.34. The molecular formula is C12H18O2. The third-order valence-electron chi connectivity index (χ3n) is 2.26. The molecular weight excluding hydrogens is 176 g/mol. The molecule has 0 aliphatic rings. The van der Waals surface area contributed by atoms with Crippen molar-refractivity contribution in [3.63, 3.8) is 0 Å². The summed E-state index contributed by atoms with van der Waals surface area (Å²) in [5.74, 6) is 0.921. The normalized spacial score (nSPS) is 10.1. The standard InChI is InChI=1S/C12H18O2/c1-14-12-8-5-7-11(10-12)6-3-2-4-9-13/h5,7-8,10,13H,2-4,6,9H2,1H3. The Morgan fingerprint density at radius 3 is 2.79 bits per heavy atom. The lowest BCUT2D eigenvalue weighted by atomic mass is 10.1. The van der Waals surface area contributed by atoms with Crippen LogP contribution in [0.2, 0.25) is 0 Å². The van der Waals surface area contributed by atoms with Crippen LogP contribution in [0, 0.1) is 0 Å². The zero-order chi connectivity index (χ0) is 10.2. The fourth-order valence-electron chi connectivity index (χ4n) is 1.45. The number of rotatable bonds is 6. The van der Waals surface area contributed by atoms with E-state index in [1.807, 2.05) is 12.1 Å². The van der Waals surface area contributed by atoms with Crippen LogP contribution in [-0.2, 0) is 6.42 Å². The van der Waals surface area contributed by atoms with Crippen LogP contribution in [0.3, 0.4) is 0 Å². The maximum Gasteiger partial charge on any atom is 0.119 e. The summed E-state index contributed by atoms with van der Waals surface area (Å²) in [6.07, 6.45) is 4.20. The van der Waals surface area contributed by atoms with Gasteiger partial charge >= 0.3 is 0 Å². The van der Waals surface area contributed by atoms with E-state index in [9.17, 15) is 0 Å². The van der Waals surface area contributed by atoms with Crippen LogP contribution in [0.5, 0.6) is 5.75 Å². The number of aliphatic hydroxyl groups excluding tert-OH is 1. The molecule has 0 aliphatic carbocycles. The quantitative estimate of drug-likeness (QED) is 0.705. The highest BCUT2D eigenvalue weighted by molar-refractivity contribution is 5.28. The van der Waals surface area contributed by atoms with Crippen LogP contribution in [0.15, 0.2) is 24.3 Å². The van der Waals surface area contributed by atoms with Crippen molar-refractivity contribution in [1.82, 2.24) is 0 Å². The molecule has 0 atom stereocenters. The van der Waals surface area contributed by atoms with Gasteiger partial charge in [-0.15, -0.1) is 0 Å². The Hall–Kier alpha value is -1.02. The topological polar surface area (TPSA) is 29.5 Å².